The number of thiazole rings is 1. The van der Waals surface area contributed by atoms with Gasteiger partial charge in [-0.25, -0.2) is 4.98 Å². The van der Waals surface area contributed by atoms with Crippen LogP contribution in [0.5, 0.6) is 11.5 Å². The van der Waals surface area contributed by atoms with E-state index in [2.05, 4.69) is 15.2 Å². The fraction of sp³-hybridized carbons (Fsp3) is 0.353. The fourth-order valence-corrected chi connectivity index (χ4v) is 3.40. The maximum absolute atomic E-state index is 5.69. The highest BCUT2D eigenvalue weighted by atomic mass is 32.2. The molecule has 25 heavy (non-hydrogen) atoms. The zero-order valence-electron chi connectivity index (χ0n) is 14.1. The summed E-state index contributed by atoms with van der Waals surface area (Å²) in [5.41, 5.74) is 0.968. The zero-order valence-corrected chi connectivity index (χ0v) is 15.7. The van der Waals surface area contributed by atoms with Crippen LogP contribution in [0.3, 0.4) is 0 Å². The molecule has 1 aromatic carbocycles. The summed E-state index contributed by atoms with van der Waals surface area (Å²) >= 11 is 3.16. The number of aromatic nitrogens is 3. The van der Waals surface area contributed by atoms with E-state index in [1.807, 2.05) is 36.6 Å². The molecule has 8 heteroatoms. The molecule has 2 heterocycles. The van der Waals surface area contributed by atoms with Crippen molar-refractivity contribution in [2.45, 2.75) is 25.0 Å². The molecule has 0 aliphatic rings. The second kappa shape index (κ2) is 8.87. The number of benzene rings is 1. The van der Waals surface area contributed by atoms with Gasteiger partial charge in [0.2, 0.25) is 5.89 Å². The molecule has 0 N–H and O–H groups in total. The van der Waals surface area contributed by atoms with Crippen molar-refractivity contribution >= 4 is 23.1 Å². The fourth-order valence-electron chi connectivity index (χ4n) is 2.09. The van der Waals surface area contributed by atoms with E-state index in [0.29, 0.717) is 24.1 Å². The number of thioether (sulfide) groups is 1. The van der Waals surface area contributed by atoms with Crippen LogP contribution >= 0.6 is 23.1 Å². The molecule has 0 bridgehead atoms. The molecule has 0 aliphatic carbocycles. The molecule has 0 amide bonds. The SMILES string of the molecule is COc1ccc(OCCCSc2nnc(Cc3csc(C)n3)o2)cc1. The van der Waals surface area contributed by atoms with Crippen LogP contribution < -0.4 is 9.47 Å². The van der Waals surface area contributed by atoms with E-state index in [4.69, 9.17) is 13.9 Å². The predicted octanol–water partition coefficient (Wildman–Crippen LogP) is 4.00. The maximum atomic E-state index is 5.69. The Hall–Kier alpha value is -2.06. The van der Waals surface area contributed by atoms with E-state index in [1.54, 1.807) is 30.2 Å². The minimum atomic E-state index is 0.582. The van der Waals surface area contributed by atoms with Crippen molar-refractivity contribution in [1.82, 2.24) is 15.2 Å². The summed E-state index contributed by atoms with van der Waals surface area (Å²) in [5, 5.41) is 11.8. The lowest BCUT2D eigenvalue weighted by molar-refractivity contribution is 0.317. The lowest BCUT2D eigenvalue weighted by atomic mass is 10.3. The number of aryl methyl sites for hydroxylation is 1. The summed E-state index contributed by atoms with van der Waals surface area (Å²) in [6.45, 7) is 2.62. The molecule has 3 aromatic rings. The number of rotatable bonds is 9. The maximum Gasteiger partial charge on any atom is 0.276 e. The van der Waals surface area contributed by atoms with Crippen LogP contribution in [0.1, 0.15) is 23.0 Å². The van der Waals surface area contributed by atoms with E-state index in [-0.39, 0.29) is 0 Å². The number of hydrogen-bond donors (Lipinski definition) is 0. The number of methoxy groups -OCH3 is 1. The topological polar surface area (TPSA) is 70.3 Å². The molecule has 0 atom stereocenters. The average molecular weight is 377 g/mol. The van der Waals surface area contributed by atoms with Crippen molar-refractivity contribution < 1.29 is 13.9 Å². The van der Waals surface area contributed by atoms with Crippen molar-refractivity contribution in [2.75, 3.05) is 19.5 Å². The van der Waals surface area contributed by atoms with Gasteiger partial charge in [0, 0.05) is 11.1 Å². The Balaban J connectivity index is 1.36. The van der Waals surface area contributed by atoms with Crippen molar-refractivity contribution in [3.8, 4) is 11.5 Å². The quantitative estimate of drug-likeness (QED) is 0.412. The van der Waals surface area contributed by atoms with Crippen LogP contribution in [0.15, 0.2) is 39.3 Å². The molecule has 0 saturated heterocycles. The van der Waals surface area contributed by atoms with Gasteiger partial charge in [0.05, 0.1) is 30.8 Å². The Morgan fingerprint density at radius 3 is 2.68 bits per heavy atom. The van der Waals surface area contributed by atoms with Gasteiger partial charge in [-0.3, -0.25) is 0 Å². The Bertz CT molecular complexity index is 787. The summed E-state index contributed by atoms with van der Waals surface area (Å²) in [7, 11) is 1.65. The number of ether oxygens (including phenoxy) is 2. The average Bonchev–Trinajstić information content (AvgIpc) is 3.24. The van der Waals surface area contributed by atoms with Crippen LogP contribution in [-0.2, 0) is 6.42 Å². The Morgan fingerprint density at radius 2 is 1.96 bits per heavy atom. The molecular formula is C17H19N3O3S2. The monoisotopic (exact) mass is 377 g/mol. The summed E-state index contributed by atoms with van der Waals surface area (Å²) in [5.74, 6) is 3.11. The normalized spacial score (nSPS) is 10.8. The molecule has 0 aliphatic heterocycles. The van der Waals surface area contributed by atoms with Crippen molar-refractivity contribution in [2.24, 2.45) is 0 Å². The third-order valence-electron chi connectivity index (χ3n) is 3.29. The van der Waals surface area contributed by atoms with Crippen molar-refractivity contribution in [3.63, 3.8) is 0 Å². The van der Waals surface area contributed by atoms with Gasteiger partial charge in [-0.15, -0.1) is 21.5 Å². The Morgan fingerprint density at radius 1 is 1.16 bits per heavy atom. The zero-order chi connectivity index (χ0) is 17.5. The third-order valence-corrected chi connectivity index (χ3v) is 5.02. The van der Waals surface area contributed by atoms with Crippen LogP contribution in [0.2, 0.25) is 0 Å². The van der Waals surface area contributed by atoms with Gasteiger partial charge in [0.25, 0.3) is 5.22 Å². The van der Waals surface area contributed by atoms with Crippen LogP contribution in [0, 0.1) is 6.92 Å². The second-order valence-corrected chi connectivity index (χ2v) is 7.33. The molecule has 2 aromatic heterocycles. The minimum Gasteiger partial charge on any atom is -0.497 e. The van der Waals surface area contributed by atoms with Gasteiger partial charge in [0.1, 0.15) is 11.5 Å². The summed E-state index contributed by atoms with van der Waals surface area (Å²) in [6.07, 6.45) is 1.47. The molecular weight excluding hydrogens is 358 g/mol. The van der Waals surface area contributed by atoms with Gasteiger partial charge >= 0.3 is 0 Å². The van der Waals surface area contributed by atoms with Crippen LogP contribution in [-0.4, -0.2) is 34.7 Å². The summed E-state index contributed by atoms with van der Waals surface area (Å²) in [4.78, 5) is 4.40. The Labute approximate surface area is 154 Å². The van der Waals surface area contributed by atoms with Gasteiger partial charge in [-0.05, 0) is 37.6 Å². The first-order valence-electron chi connectivity index (χ1n) is 7.86. The van der Waals surface area contributed by atoms with Crippen molar-refractivity contribution in [1.29, 1.82) is 0 Å². The molecule has 6 nitrogen and oxygen atoms in total. The Kier molecular flexibility index (Phi) is 6.30. The van der Waals surface area contributed by atoms with E-state index in [0.717, 1.165) is 34.4 Å². The third kappa shape index (κ3) is 5.47. The lowest BCUT2D eigenvalue weighted by Gasteiger charge is -2.06. The van der Waals surface area contributed by atoms with Gasteiger partial charge < -0.3 is 13.9 Å². The van der Waals surface area contributed by atoms with Crippen molar-refractivity contribution in [3.05, 3.63) is 46.2 Å². The molecule has 0 radical (unpaired) electrons. The molecule has 0 unspecified atom stereocenters. The molecule has 0 saturated carbocycles. The molecule has 132 valence electrons. The van der Waals surface area contributed by atoms with E-state index in [9.17, 15) is 0 Å². The first-order chi connectivity index (χ1) is 12.2. The first kappa shape index (κ1) is 17.8. The molecule has 0 fully saturated rings. The highest BCUT2D eigenvalue weighted by molar-refractivity contribution is 7.99. The number of hydrogen-bond acceptors (Lipinski definition) is 8. The predicted molar refractivity (Wildman–Crippen MR) is 97.8 cm³/mol. The highest BCUT2D eigenvalue weighted by Gasteiger charge is 2.09. The highest BCUT2D eigenvalue weighted by Crippen LogP contribution is 2.20. The summed E-state index contributed by atoms with van der Waals surface area (Å²) < 4.78 is 16.4. The lowest BCUT2D eigenvalue weighted by Crippen LogP contribution is -1.98. The van der Waals surface area contributed by atoms with E-state index < -0.39 is 0 Å². The molecule has 0 spiro atoms. The first-order valence-corrected chi connectivity index (χ1v) is 9.72. The van der Waals surface area contributed by atoms with E-state index >= 15 is 0 Å². The van der Waals surface area contributed by atoms with E-state index in [1.165, 1.54) is 0 Å². The van der Waals surface area contributed by atoms with Crippen LogP contribution in [0.4, 0.5) is 0 Å². The molecule has 3 rings (SSSR count). The second-order valence-electron chi connectivity index (χ2n) is 5.22. The smallest absolute Gasteiger partial charge is 0.276 e. The minimum absolute atomic E-state index is 0.582. The van der Waals surface area contributed by atoms with Gasteiger partial charge in [0.15, 0.2) is 0 Å². The van der Waals surface area contributed by atoms with Crippen LogP contribution in [0.25, 0.3) is 0 Å². The van der Waals surface area contributed by atoms with Gasteiger partial charge in [-0.2, -0.15) is 0 Å². The number of nitrogens with zero attached hydrogens (tertiary/aromatic N) is 3. The summed E-state index contributed by atoms with van der Waals surface area (Å²) in [6, 6.07) is 7.56. The van der Waals surface area contributed by atoms with Gasteiger partial charge in [-0.1, -0.05) is 11.8 Å². The standard InChI is InChI=1S/C17H19N3O3S2/c1-12-18-13(11-25-12)10-16-19-20-17(23-16)24-9-3-8-22-15-6-4-14(21-2)5-7-15/h4-7,11H,3,8-10H2,1-2H3. The largest absolute Gasteiger partial charge is 0.497 e.